The van der Waals surface area contributed by atoms with Gasteiger partial charge >= 0.3 is 0 Å². The van der Waals surface area contributed by atoms with Gasteiger partial charge in [0.25, 0.3) is 5.22 Å². The van der Waals surface area contributed by atoms with Gasteiger partial charge in [-0.3, -0.25) is 0 Å². The number of hydrogen-bond acceptors (Lipinski definition) is 3. The molecule has 84 valence electrons. The van der Waals surface area contributed by atoms with Crippen LogP contribution in [0.15, 0.2) is 27.8 Å². The summed E-state index contributed by atoms with van der Waals surface area (Å²) >= 11 is 4.13. The van der Waals surface area contributed by atoms with Crippen LogP contribution in [0, 0.1) is 0 Å². The summed E-state index contributed by atoms with van der Waals surface area (Å²) in [6.45, 7) is 0. The van der Waals surface area contributed by atoms with Gasteiger partial charge in [-0.15, -0.1) is 0 Å². The van der Waals surface area contributed by atoms with Crippen molar-refractivity contribution in [1.82, 2.24) is 4.98 Å². The van der Waals surface area contributed by atoms with E-state index < -0.39 is 0 Å². The van der Waals surface area contributed by atoms with Gasteiger partial charge < -0.3 is 4.42 Å². The van der Waals surface area contributed by atoms with Gasteiger partial charge in [0.2, 0.25) is 0 Å². The van der Waals surface area contributed by atoms with Crippen molar-refractivity contribution in [3.05, 3.63) is 23.8 Å². The minimum Gasteiger partial charge on any atom is -0.432 e. The summed E-state index contributed by atoms with van der Waals surface area (Å²) in [6, 6.07) is 6.37. The highest BCUT2D eigenvalue weighted by Crippen LogP contribution is 2.34. The van der Waals surface area contributed by atoms with Crippen molar-refractivity contribution in [3.8, 4) is 0 Å². The molecule has 0 amide bonds. The molecule has 0 bridgehead atoms. The lowest BCUT2D eigenvalue weighted by atomic mass is 9.84. The molecule has 1 heterocycles. The van der Waals surface area contributed by atoms with Crippen LogP contribution in [-0.2, 0) is 0 Å². The molecule has 3 rings (SSSR count). The molecule has 0 saturated heterocycles. The van der Waals surface area contributed by atoms with Crippen molar-refractivity contribution < 1.29 is 4.42 Å². The first-order valence-electron chi connectivity index (χ1n) is 5.92. The van der Waals surface area contributed by atoms with Gasteiger partial charge in [0.1, 0.15) is 5.52 Å². The van der Waals surface area contributed by atoms with E-state index in [1.807, 2.05) is 6.07 Å². The number of nitrogens with zero attached hydrogens (tertiary/aromatic N) is 1. The largest absolute Gasteiger partial charge is 0.432 e. The van der Waals surface area contributed by atoms with Crippen LogP contribution in [0.2, 0.25) is 0 Å². The smallest absolute Gasteiger partial charge is 0.253 e. The number of hydrogen-bond donors (Lipinski definition) is 1. The minimum absolute atomic E-state index is 0.454. The highest BCUT2D eigenvalue weighted by molar-refractivity contribution is 7.80. The number of oxazole rings is 1. The predicted molar refractivity (Wildman–Crippen MR) is 67.1 cm³/mol. The van der Waals surface area contributed by atoms with Crippen molar-refractivity contribution in [3.63, 3.8) is 0 Å². The lowest BCUT2D eigenvalue weighted by molar-refractivity contribution is 0.442. The summed E-state index contributed by atoms with van der Waals surface area (Å²) in [5.41, 5.74) is 3.18. The molecule has 0 unspecified atom stereocenters. The molecule has 3 heteroatoms. The first kappa shape index (κ1) is 10.2. The first-order valence-corrected chi connectivity index (χ1v) is 6.37. The Hall–Kier alpha value is -0.960. The molecule has 1 aromatic heterocycles. The summed E-state index contributed by atoms with van der Waals surface area (Å²) in [5, 5.41) is 0.454. The number of aromatic nitrogens is 1. The average Bonchev–Trinajstić information content (AvgIpc) is 2.69. The van der Waals surface area contributed by atoms with E-state index in [1.165, 1.54) is 37.7 Å². The predicted octanol–water partition coefficient (Wildman–Crippen LogP) is 4.16. The third-order valence-corrected chi connectivity index (χ3v) is 3.67. The molecular formula is C13H15NOS. The van der Waals surface area contributed by atoms with Gasteiger partial charge in [-0.1, -0.05) is 38.0 Å². The third-order valence-electron chi connectivity index (χ3n) is 3.48. The molecule has 0 atom stereocenters. The SMILES string of the molecule is Sc1nc2ccc(C3CCCCC3)cc2o1. The molecule has 2 nitrogen and oxygen atoms in total. The van der Waals surface area contributed by atoms with Crippen LogP contribution < -0.4 is 0 Å². The molecule has 2 aromatic rings. The quantitative estimate of drug-likeness (QED) is 0.748. The van der Waals surface area contributed by atoms with Gasteiger partial charge in [-0.25, -0.2) is 4.98 Å². The Balaban J connectivity index is 1.97. The summed E-state index contributed by atoms with van der Waals surface area (Å²) in [5.74, 6) is 0.714. The maximum absolute atomic E-state index is 5.45. The van der Waals surface area contributed by atoms with E-state index in [0.29, 0.717) is 11.1 Å². The van der Waals surface area contributed by atoms with Crippen LogP contribution in [-0.4, -0.2) is 4.98 Å². The van der Waals surface area contributed by atoms with Gasteiger partial charge in [-0.05, 0) is 36.5 Å². The Morgan fingerprint density at radius 3 is 2.81 bits per heavy atom. The molecule has 1 aliphatic carbocycles. The van der Waals surface area contributed by atoms with Gasteiger partial charge in [-0.2, -0.15) is 0 Å². The second-order valence-corrected chi connectivity index (χ2v) is 4.94. The number of fused-ring (bicyclic) bond motifs is 1. The lowest BCUT2D eigenvalue weighted by Gasteiger charge is -2.21. The molecule has 0 aliphatic heterocycles. The normalized spacial score (nSPS) is 18.1. The second-order valence-electron chi connectivity index (χ2n) is 4.56. The Labute approximate surface area is 100 Å². The van der Waals surface area contributed by atoms with Crippen LogP contribution in [0.3, 0.4) is 0 Å². The zero-order chi connectivity index (χ0) is 11.0. The van der Waals surface area contributed by atoms with Crippen molar-refractivity contribution >= 4 is 23.7 Å². The molecule has 16 heavy (non-hydrogen) atoms. The monoisotopic (exact) mass is 233 g/mol. The number of thiol groups is 1. The van der Waals surface area contributed by atoms with E-state index in [9.17, 15) is 0 Å². The van der Waals surface area contributed by atoms with E-state index >= 15 is 0 Å². The molecule has 0 N–H and O–H groups in total. The maximum Gasteiger partial charge on any atom is 0.253 e. The first-order chi connectivity index (χ1) is 7.83. The van der Waals surface area contributed by atoms with Crippen LogP contribution in [0.5, 0.6) is 0 Å². The molecule has 1 saturated carbocycles. The zero-order valence-electron chi connectivity index (χ0n) is 9.15. The van der Waals surface area contributed by atoms with Gasteiger partial charge in [0, 0.05) is 0 Å². The van der Waals surface area contributed by atoms with E-state index in [-0.39, 0.29) is 0 Å². The summed E-state index contributed by atoms with van der Waals surface area (Å²) in [6.07, 6.45) is 6.73. The Morgan fingerprint density at radius 1 is 1.19 bits per heavy atom. The van der Waals surface area contributed by atoms with Crippen LogP contribution >= 0.6 is 12.6 Å². The van der Waals surface area contributed by atoms with Crippen LogP contribution in [0.25, 0.3) is 11.1 Å². The molecule has 0 spiro atoms. The summed E-state index contributed by atoms with van der Waals surface area (Å²) in [4.78, 5) is 4.20. The maximum atomic E-state index is 5.45. The zero-order valence-corrected chi connectivity index (χ0v) is 10.0. The van der Waals surface area contributed by atoms with Crippen molar-refractivity contribution in [2.45, 2.75) is 43.2 Å². The Kier molecular flexibility index (Phi) is 2.64. The fourth-order valence-electron chi connectivity index (χ4n) is 2.62. The fraction of sp³-hybridized carbons (Fsp3) is 0.462. The molecule has 1 aromatic carbocycles. The van der Waals surface area contributed by atoms with Crippen molar-refractivity contribution in [2.24, 2.45) is 0 Å². The molecule has 0 radical (unpaired) electrons. The second kappa shape index (κ2) is 4.13. The van der Waals surface area contributed by atoms with Crippen molar-refractivity contribution in [1.29, 1.82) is 0 Å². The molecular weight excluding hydrogens is 218 g/mol. The number of benzene rings is 1. The number of rotatable bonds is 1. The van der Waals surface area contributed by atoms with Crippen LogP contribution in [0.4, 0.5) is 0 Å². The lowest BCUT2D eigenvalue weighted by Crippen LogP contribution is -2.03. The molecule has 1 fully saturated rings. The van der Waals surface area contributed by atoms with Gasteiger partial charge in [0.15, 0.2) is 5.58 Å². The summed E-state index contributed by atoms with van der Waals surface area (Å²) < 4.78 is 5.45. The topological polar surface area (TPSA) is 26.0 Å². The fourth-order valence-corrected chi connectivity index (χ4v) is 2.82. The highest BCUT2D eigenvalue weighted by atomic mass is 32.1. The third kappa shape index (κ3) is 1.84. The average molecular weight is 233 g/mol. The summed E-state index contributed by atoms with van der Waals surface area (Å²) in [7, 11) is 0. The Bertz CT molecular complexity index is 500. The van der Waals surface area contributed by atoms with Gasteiger partial charge in [0.05, 0.1) is 0 Å². The van der Waals surface area contributed by atoms with E-state index in [4.69, 9.17) is 4.42 Å². The van der Waals surface area contributed by atoms with E-state index in [2.05, 4.69) is 29.7 Å². The standard InChI is InChI=1S/C13H15NOS/c16-13-14-11-7-6-10(8-12(11)15-13)9-4-2-1-3-5-9/h6-9H,1-5H2,(H,14,16). The van der Waals surface area contributed by atoms with E-state index in [0.717, 1.165) is 11.1 Å². The van der Waals surface area contributed by atoms with E-state index in [1.54, 1.807) is 0 Å². The van der Waals surface area contributed by atoms with Crippen LogP contribution in [0.1, 0.15) is 43.6 Å². The van der Waals surface area contributed by atoms with Crippen molar-refractivity contribution in [2.75, 3.05) is 0 Å². The Morgan fingerprint density at radius 2 is 2.00 bits per heavy atom. The minimum atomic E-state index is 0.454. The molecule has 1 aliphatic rings. The highest BCUT2D eigenvalue weighted by Gasteiger charge is 2.16.